The third-order valence-corrected chi connectivity index (χ3v) is 5.41. The van der Waals surface area contributed by atoms with Crippen LogP contribution in [0.4, 0.5) is 17.1 Å². The van der Waals surface area contributed by atoms with Crippen molar-refractivity contribution < 1.29 is 0 Å². The topological polar surface area (TPSA) is 50.9 Å². The lowest BCUT2D eigenvalue weighted by Crippen LogP contribution is -1.98. The van der Waals surface area contributed by atoms with Crippen LogP contribution in [0.3, 0.4) is 0 Å². The first-order valence-electron chi connectivity index (χ1n) is 5.60. The Morgan fingerprint density at radius 1 is 1.10 bits per heavy atom. The monoisotopic (exact) mass is 387 g/mol. The lowest BCUT2D eigenvalue weighted by molar-refractivity contribution is 1.48. The number of anilines is 3. The summed E-state index contributed by atoms with van der Waals surface area (Å²) in [4.78, 5) is 4.26. The van der Waals surface area contributed by atoms with Gasteiger partial charge in [0.05, 0.1) is 37.3 Å². The minimum absolute atomic E-state index is 0.443. The summed E-state index contributed by atoms with van der Waals surface area (Å²) in [7, 11) is 0. The minimum Gasteiger partial charge on any atom is -0.395 e. The molecule has 0 saturated heterocycles. The number of thiazole rings is 1. The van der Waals surface area contributed by atoms with Gasteiger partial charge in [-0.15, -0.1) is 11.3 Å². The molecule has 3 N–H and O–H groups in total. The zero-order chi connectivity index (χ0) is 14.3. The Kier molecular flexibility index (Phi) is 3.77. The molecule has 0 amide bonds. The van der Waals surface area contributed by atoms with E-state index >= 15 is 0 Å². The summed E-state index contributed by atoms with van der Waals surface area (Å²) in [5.74, 6) is 0. The maximum Gasteiger partial charge on any atom is 0.106 e. The van der Waals surface area contributed by atoms with E-state index in [0.717, 1.165) is 20.4 Å². The highest BCUT2D eigenvalue weighted by Crippen LogP contribution is 2.39. The van der Waals surface area contributed by atoms with Crippen molar-refractivity contribution >= 4 is 77.7 Å². The zero-order valence-corrected chi connectivity index (χ0v) is 13.9. The van der Waals surface area contributed by atoms with Crippen LogP contribution in [0.2, 0.25) is 10.0 Å². The molecule has 7 heteroatoms. The first-order valence-corrected chi connectivity index (χ1v) is 8.03. The van der Waals surface area contributed by atoms with E-state index in [0.29, 0.717) is 21.4 Å². The second kappa shape index (κ2) is 5.41. The van der Waals surface area contributed by atoms with Crippen molar-refractivity contribution in [3.63, 3.8) is 0 Å². The third-order valence-electron chi connectivity index (χ3n) is 2.85. The number of benzene rings is 2. The van der Waals surface area contributed by atoms with Crippen LogP contribution in [0.15, 0.2) is 34.2 Å². The summed E-state index contributed by atoms with van der Waals surface area (Å²) < 4.78 is 1.80. The Hall–Kier alpha value is -1.01. The maximum atomic E-state index is 6.22. The van der Waals surface area contributed by atoms with Gasteiger partial charge < -0.3 is 11.1 Å². The Labute approximate surface area is 137 Å². The van der Waals surface area contributed by atoms with Crippen molar-refractivity contribution in [2.45, 2.75) is 0 Å². The first kappa shape index (κ1) is 13.9. The molecule has 0 fully saturated rings. The van der Waals surface area contributed by atoms with Gasteiger partial charge in [-0.1, -0.05) is 23.2 Å². The molecule has 1 heterocycles. The number of nitrogens with two attached hydrogens (primary N) is 1. The summed E-state index contributed by atoms with van der Waals surface area (Å²) in [5.41, 5.74) is 10.7. The van der Waals surface area contributed by atoms with Crippen molar-refractivity contribution in [2.24, 2.45) is 0 Å². The van der Waals surface area contributed by atoms with Crippen LogP contribution in [-0.4, -0.2) is 4.98 Å². The molecular weight excluding hydrogens is 381 g/mol. The predicted octanol–water partition coefficient (Wildman–Crippen LogP) is 5.69. The summed E-state index contributed by atoms with van der Waals surface area (Å²) in [6.07, 6.45) is 0. The Bertz CT molecular complexity index is 804. The van der Waals surface area contributed by atoms with E-state index < -0.39 is 0 Å². The molecule has 0 aliphatic heterocycles. The minimum atomic E-state index is 0.443. The first-order chi connectivity index (χ1) is 9.58. The quantitative estimate of drug-likeness (QED) is 0.437. The molecule has 0 atom stereocenters. The highest BCUT2D eigenvalue weighted by molar-refractivity contribution is 9.10. The Balaban J connectivity index is 2.05. The summed E-state index contributed by atoms with van der Waals surface area (Å²) in [6.45, 7) is 0. The van der Waals surface area contributed by atoms with Gasteiger partial charge in [-0.25, -0.2) is 4.98 Å². The van der Waals surface area contributed by atoms with Crippen molar-refractivity contribution in [1.29, 1.82) is 0 Å². The summed E-state index contributed by atoms with van der Waals surface area (Å²) >= 11 is 17.2. The fourth-order valence-electron chi connectivity index (χ4n) is 1.83. The lowest BCUT2D eigenvalue weighted by atomic mass is 10.2. The van der Waals surface area contributed by atoms with E-state index in [2.05, 4.69) is 26.2 Å². The second-order valence-corrected chi connectivity index (χ2v) is 6.57. The van der Waals surface area contributed by atoms with E-state index in [1.54, 1.807) is 16.8 Å². The molecule has 0 radical (unpaired) electrons. The molecular formula is C13H8BrCl2N3S. The number of nitrogens with zero attached hydrogens (tertiary/aromatic N) is 1. The van der Waals surface area contributed by atoms with Gasteiger partial charge >= 0.3 is 0 Å². The van der Waals surface area contributed by atoms with E-state index in [4.69, 9.17) is 28.9 Å². The van der Waals surface area contributed by atoms with Crippen molar-refractivity contribution in [3.05, 3.63) is 44.3 Å². The standard InChI is InChI=1S/C13H8BrCl2N3S/c14-6-1-2-7(11(16)10(6)15)19-8-3-4-9-13(12(8)17)18-5-20-9/h1-5,19H,17H2. The largest absolute Gasteiger partial charge is 0.395 e. The lowest BCUT2D eigenvalue weighted by Gasteiger charge is -2.12. The summed E-state index contributed by atoms with van der Waals surface area (Å²) in [5, 5.41) is 4.10. The van der Waals surface area contributed by atoms with Gasteiger partial charge in [-0.3, -0.25) is 0 Å². The molecule has 3 aromatic rings. The normalized spacial score (nSPS) is 10.9. The highest BCUT2D eigenvalue weighted by Gasteiger charge is 2.11. The number of hydrogen-bond donors (Lipinski definition) is 2. The van der Waals surface area contributed by atoms with Gasteiger partial charge in [0.25, 0.3) is 0 Å². The molecule has 1 aromatic heterocycles. The van der Waals surface area contributed by atoms with E-state index in [1.807, 2.05) is 24.3 Å². The molecule has 0 bridgehead atoms. The maximum absolute atomic E-state index is 6.22. The molecule has 0 saturated carbocycles. The number of rotatable bonds is 2. The number of halogens is 3. The number of fused-ring (bicyclic) bond motifs is 1. The van der Waals surface area contributed by atoms with Gasteiger partial charge in [-0.05, 0) is 40.2 Å². The summed E-state index contributed by atoms with van der Waals surface area (Å²) in [6, 6.07) is 7.54. The van der Waals surface area contributed by atoms with Gasteiger partial charge in [0.15, 0.2) is 0 Å². The molecule has 2 aromatic carbocycles. The molecule has 0 aliphatic carbocycles. The van der Waals surface area contributed by atoms with Gasteiger partial charge in [0, 0.05) is 4.47 Å². The fourth-order valence-corrected chi connectivity index (χ4v) is 3.34. The smallest absolute Gasteiger partial charge is 0.106 e. The van der Waals surface area contributed by atoms with Crippen molar-refractivity contribution in [3.8, 4) is 0 Å². The van der Waals surface area contributed by atoms with Crippen LogP contribution in [0, 0.1) is 0 Å². The average molecular weight is 389 g/mol. The highest BCUT2D eigenvalue weighted by atomic mass is 79.9. The molecule has 102 valence electrons. The van der Waals surface area contributed by atoms with E-state index in [9.17, 15) is 0 Å². The van der Waals surface area contributed by atoms with Gasteiger partial charge in [-0.2, -0.15) is 0 Å². The fraction of sp³-hybridized carbons (Fsp3) is 0. The molecule has 0 unspecified atom stereocenters. The van der Waals surface area contributed by atoms with Crippen molar-refractivity contribution in [2.75, 3.05) is 11.1 Å². The zero-order valence-electron chi connectivity index (χ0n) is 9.95. The van der Waals surface area contributed by atoms with Crippen LogP contribution < -0.4 is 11.1 Å². The SMILES string of the molecule is Nc1c(Nc2ccc(Br)c(Cl)c2Cl)ccc2scnc12. The van der Waals surface area contributed by atoms with E-state index in [1.165, 1.54) is 0 Å². The average Bonchev–Trinajstić information content (AvgIpc) is 2.91. The number of hydrogen-bond acceptors (Lipinski definition) is 4. The van der Waals surface area contributed by atoms with Gasteiger partial charge in [0.1, 0.15) is 5.52 Å². The second-order valence-electron chi connectivity index (χ2n) is 4.07. The van der Waals surface area contributed by atoms with Crippen LogP contribution in [0.5, 0.6) is 0 Å². The van der Waals surface area contributed by atoms with E-state index in [-0.39, 0.29) is 0 Å². The predicted molar refractivity (Wildman–Crippen MR) is 91.5 cm³/mol. The Morgan fingerprint density at radius 2 is 1.85 bits per heavy atom. The third kappa shape index (κ3) is 2.35. The molecule has 20 heavy (non-hydrogen) atoms. The van der Waals surface area contributed by atoms with Crippen molar-refractivity contribution in [1.82, 2.24) is 4.98 Å². The molecule has 3 rings (SSSR count). The van der Waals surface area contributed by atoms with Crippen LogP contribution in [0.25, 0.3) is 10.2 Å². The molecule has 3 nitrogen and oxygen atoms in total. The number of nitrogen functional groups attached to an aromatic ring is 1. The number of aromatic nitrogens is 1. The van der Waals surface area contributed by atoms with Crippen LogP contribution in [0.1, 0.15) is 0 Å². The Morgan fingerprint density at radius 3 is 2.65 bits per heavy atom. The molecule has 0 spiro atoms. The van der Waals surface area contributed by atoms with Crippen LogP contribution >= 0.6 is 50.5 Å². The van der Waals surface area contributed by atoms with Gasteiger partial charge in [0.2, 0.25) is 0 Å². The number of nitrogens with one attached hydrogen (secondary N) is 1. The molecule has 0 aliphatic rings. The van der Waals surface area contributed by atoms with Crippen LogP contribution in [-0.2, 0) is 0 Å².